The van der Waals surface area contributed by atoms with E-state index >= 15 is 0 Å². The predicted molar refractivity (Wildman–Crippen MR) is 113 cm³/mol. The summed E-state index contributed by atoms with van der Waals surface area (Å²) < 4.78 is 40.7. The van der Waals surface area contributed by atoms with Crippen LogP contribution in [0.15, 0.2) is 53.4 Å². The molecule has 0 unspecified atom stereocenters. The molecule has 1 atom stereocenters. The summed E-state index contributed by atoms with van der Waals surface area (Å²) in [6.45, 7) is 1.15. The average Bonchev–Trinajstić information content (AvgIpc) is 3.29. The maximum absolute atomic E-state index is 13.3. The topological polar surface area (TPSA) is 81.5 Å². The van der Waals surface area contributed by atoms with Crippen molar-refractivity contribution in [2.45, 2.75) is 36.6 Å². The van der Waals surface area contributed by atoms with E-state index in [9.17, 15) is 22.9 Å². The summed E-state index contributed by atoms with van der Waals surface area (Å²) >= 11 is 0. The van der Waals surface area contributed by atoms with E-state index in [1.54, 1.807) is 24.3 Å². The number of piperidine rings is 1. The van der Waals surface area contributed by atoms with E-state index in [1.165, 1.54) is 28.6 Å². The number of rotatable bonds is 4. The van der Waals surface area contributed by atoms with E-state index in [0.29, 0.717) is 19.4 Å². The zero-order chi connectivity index (χ0) is 22.0. The molecule has 2 fully saturated rings. The van der Waals surface area contributed by atoms with E-state index in [0.717, 1.165) is 18.4 Å². The maximum atomic E-state index is 13.3. The fraction of sp³-hybridized carbons (Fsp3) is 0.391. The molecule has 4 rings (SSSR count). The summed E-state index contributed by atoms with van der Waals surface area (Å²) in [7, 11) is -3.78. The Morgan fingerprint density at radius 2 is 1.68 bits per heavy atom. The second kappa shape index (κ2) is 8.77. The first-order valence-corrected chi connectivity index (χ1v) is 11.9. The second-order valence-corrected chi connectivity index (χ2v) is 9.93. The van der Waals surface area contributed by atoms with Gasteiger partial charge in [0.1, 0.15) is 11.9 Å². The average molecular weight is 442 g/mol. The summed E-state index contributed by atoms with van der Waals surface area (Å²) in [5.74, 6) is -0.494. The van der Waals surface area contributed by atoms with Crippen LogP contribution in [0.2, 0.25) is 0 Å². The molecule has 0 saturated carbocycles. The number of carbonyl (C=O) groups is 1. The number of benzene rings is 2. The molecule has 162 valence electrons. The highest BCUT2D eigenvalue weighted by atomic mass is 32.2. The van der Waals surface area contributed by atoms with E-state index in [2.05, 4.69) is 0 Å². The van der Waals surface area contributed by atoms with Gasteiger partial charge in [0.2, 0.25) is 15.9 Å². The Labute approximate surface area is 181 Å². The Morgan fingerprint density at radius 3 is 2.35 bits per heavy atom. The molecule has 0 radical (unpaired) electrons. The van der Waals surface area contributed by atoms with Crippen molar-refractivity contribution in [3.05, 3.63) is 65.5 Å². The minimum atomic E-state index is -3.78. The van der Waals surface area contributed by atoms with Crippen molar-refractivity contribution < 1.29 is 17.6 Å². The van der Waals surface area contributed by atoms with Crippen LogP contribution in [0.5, 0.6) is 0 Å². The van der Waals surface area contributed by atoms with E-state index in [1.807, 2.05) is 11.0 Å². The van der Waals surface area contributed by atoms with Gasteiger partial charge in [0.25, 0.3) is 0 Å². The Bertz CT molecular complexity index is 1100. The van der Waals surface area contributed by atoms with Gasteiger partial charge in [0, 0.05) is 25.6 Å². The largest absolute Gasteiger partial charge is 0.335 e. The number of sulfonamides is 1. The lowest BCUT2D eigenvalue weighted by Crippen LogP contribution is -2.44. The van der Waals surface area contributed by atoms with Crippen LogP contribution in [0, 0.1) is 23.1 Å². The number of nitrogens with zero attached hydrogens (tertiary/aromatic N) is 3. The van der Waals surface area contributed by atoms with Crippen molar-refractivity contribution in [2.24, 2.45) is 5.92 Å². The Morgan fingerprint density at radius 1 is 1.00 bits per heavy atom. The third kappa shape index (κ3) is 4.21. The Hall–Kier alpha value is -2.76. The van der Waals surface area contributed by atoms with Gasteiger partial charge in [0.15, 0.2) is 0 Å². The molecule has 1 amide bonds. The van der Waals surface area contributed by atoms with Crippen LogP contribution < -0.4 is 0 Å². The molecule has 0 N–H and O–H groups in total. The highest BCUT2D eigenvalue weighted by molar-refractivity contribution is 7.89. The summed E-state index contributed by atoms with van der Waals surface area (Å²) in [6.07, 6.45) is 2.63. The molecular formula is C23H24FN3O3S. The molecule has 2 aliphatic rings. The monoisotopic (exact) mass is 441 g/mol. The highest BCUT2D eigenvalue weighted by Gasteiger charge is 2.38. The molecule has 0 spiro atoms. The van der Waals surface area contributed by atoms with Crippen molar-refractivity contribution >= 4 is 15.9 Å². The third-order valence-electron chi connectivity index (χ3n) is 6.22. The molecule has 6 nitrogen and oxygen atoms in total. The normalized spacial score (nSPS) is 20.5. The van der Waals surface area contributed by atoms with Gasteiger partial charge in [-0.2, -0.15) is 9.57 Å². The molecule has 0 aliphatic carbocycles. The third-order valence-corrected chi connectivity index (χ3v) is 8.18. The second-order valence-electron chi connectivity index (χ2n) is 8.03. The molecule has 31 heavy (non-hydrogen) atoms. The first-order chi connectivity index (χ1) is 14.9. The van der Waals surface area contributed by atoms with E-state index in [-0.39, 0.29) is 47.2 Å². The molecule has 2 aromatic rings. The van der Waals surface area contributed by atoms with E-state index < -0.39 is 10.0 Å². The summed E-state index contributed by atoms with van der Waals surface area (Å²) in [6, 6.07) is 14.3. The number of hydrogen-bond acceptors (Lipinski definition) is 4. The lowest BCUT2D eigenvalue weighted by Gasteiger charge is -2.34. The van der Waals surface area contributed by atoms with Crippen LogP contribution in [0.4, 0.5) is 4.39 Å². The summed E-state index contributed by atoms with van der Waals surface area (Å²) in [5, 5.41) is 9.25. The minimum Gasteiger partial charge on any atom is -0.335 e. The lowest BCUT2D eigenvalue weighted by molar-refractivity contribution is -0.137. The van der Waals surface area contributed by atoms with Gasteiger partial charge in [-0.05, 0) is 55.5 Å². The van der Waals surface area contributed by atoms with Crippen LogP contribution in [0.3, 0.4) is 0 Å². The molecule has 2 aliphatic heterocycles. The molecular weight excluding hydrogens is 417 g/mol. The zero-order valence-corrected chi connectivity index (χ0v) is 17.9. The smallest absolute Gasteiger partial charge is 0.244 e. The van der Waals surface area contributed by atoms with Crippen LogP contribution in [-0.4, -0.2) is 43.2 Å². The number of hydrogen-bond donors (Lipinski definition) is 0. The fourth-order valence-electron chi connectivity index (χ4n) is 4.56. The number of nitriles is 1. The standard InChI is InChI=1S/C23H24FN3O3S/c24-20-9-7-17(8-10-20)21-5-3-13-27(21)23(28)18-11-14-26(15-12-18)31(29,30)22-6-2-1-4-19(22)16-25/h1-2,4,6-10,18,21H,3,5,11-15H2/t21-/m1/s1. The van der Waals surface area contributed by atoms with Crippen LogP contribution in [-0.2, 0) is 14.8 Å². The molecule has 2 heterocycles. The molecule has 0 aromatic heterocycles. The highest BCUT2D eigenvalue weighted by Crippen LogP contribution is 2.35. The van der Waals surface area contributed by atoms with Crippen LogP contribution in [0.25, 0.3) is 0 Å². The van der Waals surface area contributed by atoms with Crippen LogP contribution >= 0.6 is 0 Å². The summed E-state index contributed by atoms with van der Waals surface area (Å²) in [4.78, 5) is 15.1. The zero-order valence-electron chi connectivity index (χ0n) is 17.1. The fourth-order valence-corrected chi connectivity index (χ4v) is 6.17. The van der Waals surface area contributed by atoms with Gasteiger partial charge in [-0.15, -0.1) is 0 Å². The number of likely N-dealkylation sites (tertiary alicyclic amines) is 1. The van der Waals surface area contributed by atoms with Gasteiger partial charge in [-0.25, -0.2) is 12.8 Å². The SMILES string of the molecule is N#Cc1ccccc1S(=O)(=O)N1CCC(C(=O)N2CCC[C@@H]2c2ccc(F)cc2)CC1. The van der Waals surface area contributed by atoms with E-state index in [4.69, 9.17) is 0 Å². The number of amides is 1. The number of halogens is 1. The van der Waals surface area contributed by atoms with Gasteiger partial charge < -0.3 is 4.90 Å². The first-order valence-electron chi connectivity index (χ1n) is 10.5. The Balaban J connectivity index is 1.44. The maximum Gasteiger partial charge on any atom is 0.244 e. The first kappa shape index (κ1) is 21.5. The minimum absolute atomic E-state index is 0.0122. The van der Waals surface area contributed by atoms with Crippen molar-refractivity contribution in [1.82, 2.24) is 9.21 Å². The molecule has 0 bridgehead atoms. The quantitative estimate of drug-likeness (QED) is 0.728. The molecule has 2 aromatic carbocycles. The van der Waals surface area contributed by atoms with Crippen molar-refractivity contribution in [3.63, 3.8) is 0 Å². The summed E-state index contributed by atoms with van der Waals surface area (Å²) in [5.41, 5.74) is 1.06. The lowest BCUT2D eigenvalue weighted by atomic mass is 9.95. The Kier molecular flexibility index (Phi) is 6.08. The van der Waals surface area contributed by atoms with Crippen molar-refractivity contribution in [1.29, 1.82) is 5.26 Å². The van der Waals surface area contributed by atoms with Crippen molar-refractivity contribution in [2.75, 3.05) is 19.6 Å². The van der Waals surface area contributed by atoms with Gasteiger partial charge in [0.05, 0.1) is 16.5 Å². The van der Waals surface area contributed by atoms with Crippen molar-refractivity contribution in [3.8, 4) is 6.07 Å². The van der Waals surface area contributed by atoms with Gasteiger partial charge in [-0.1, -0.05) is 24.3 Å². The van der Waals surface area contributed by atoms with Gasteiger partial charge >= 0.3 is 0 Å². The molecule has 8 heteroatoms. The number of carbonyl (C=O) groups excluding carboxylic acids is 1. The van der Waals surface area contributed by atoms with Gasteiger partial charge in [-0.3, -0.25) is 4.79 Å². The molecule has 2 saturated heterocycles. The predicted octanol–water partition coefficient (Wildman–Crippen LogP) is 3.46. The van der Waals surface area contributed by atoms with Crippen LogP contribution in [0.1, 0.15) is 42.9 Å².